The van der Waals surface area contributed by atoms with Gasteiger partial charge in [0.2, 0.25) is 0 Å². The third-order valence-corrected chi connectivity index (χ3v) is 6.92. The minimum Gasteiger partial charge on any atom is -0.493 e. The van der Waals surface area contributed by atoms with Gasteiger partial charge in [0.25, 0.3) is 5.56 Å². The summed E-state index contributed by atoms with van der Waals surface area (Å²) in [6, 6.07) is 12.3. The smallest absolute Gasteiger partial charge is 0.338 e. The number of methoxy groups -OCH3 is 2. The first kappa shape index (κ1) is 24.0. The zero-order chi connectivity index (χ0) is 24.4. The Morgan fingerprint density at radius 1 is 1.15 bits per heavy atom. The van der Waals surface area contributed by atoms with E-state index in [0.29, 0.717) is 37.7 Å². The van der Waals surface area contributed by atoms with Crippen LogP contribution >= 0.6 is 27.3 Å². The highest BCUT2D eigenvalue weighted by molar-refractivity contribution is 9.10. The van der Waals surface area contributed by atoms with E-state index < -0.39 is 12.0 Å². The minimum absolute atomic E-state index is 0.211. The summed E-state index contributed by atoms with van der Waals surface area (Å²) in [6.07, 6.45) is 1.82. The molecule has 0 N–H and O–H groups in total. The zero-order valence-corrected chi connectivity index (χ0v) is 21.5. The van der Waals surface area contributed by atoms with Crippen LogP contribution in [0.15, 0.2) is 68.0 Å². The molecule has 2 aromatic carbocycles. The van der Waals surface area contributed by atoms with Crippen LogP contribution in [0.2, 0.25) is 0 Å². The Bertz CT molecular complexity index is 1450. The summed E-state index contributed by atoms with van der Waals surface area (Å²) in [5.74, 6) is 0.535. The van der Waals surface area contributed by atoms with Gasteiger partial charge in [-0.2, -0.15) is 0 Å². The van der Waals surface area contributed by atoms with Crippen LogP contribution in [0.5, 0.6) is 11.5 Å². The van der Waals surface area contributed by atoms with E-state index in [1.54, 1.807) is 44.8 Å². The van der Waals surface area contributed by atoms with Gasteiger partial charge in [-0.3, -0.25) is 9.36 Å². The number of hydrogen-bond acceptors (Lipinski definition) is 7. The molecule has 0 aliphatic carbocycles. The molecule has 0 amide bonds. The van der Waals surface area contributed by atoms with E-state index in [1.165, 1.54) is 11.3 Å². The van der Waals surface area contributed by atoms with Crippen molar-refractivity contribution >= 4 is 39.3 Å². The first-order valence-electron chi connectivity index (χ1n) is 10.5. The van der Waals surface area contributed by atoms with Crippen LogP contribution in [-0.4, -0.2) is 31.4 Å². The predicted octanol–water partition coefficient (Wildman–Crippen LogP) is 3.58. The molecule has 0 bridgehead atoms. The summed E-state index contributed by atoms with van der Waals surface area (Å²) in [5, 5.41) is 0. The lowest BCUT2D eigenvalue weighted by molar-refractivity contribution is -0.139. The molecule has 0 radical (unpaired) electrons. The van der Waals surface area contributed by atoms with Crippen molar-refractivity contribution in [1.82, 2.24) is 4.57 Å². The molecule has 1 unspecified atom stereocenters. The first-order valence-corrected chi connectivity index (χ1v) is 12.2. The van der Waals surface area contributed by atoms with Crippen molar-refractivity contribution in [3.8, 4) is 11.5 Å². The predicted molar refractivity (Wildman–Crippen MR) is 134 cm³/mol. The van der Waals surface area contributed by atoms with Crippen LogP contribution in [0, 0.1) is 0 Å². The summed E-state index contributed by atoms with van der Waals surface area (Å²) >= 11 is 4.71. The van der Waals surface area contributed by atoms with Gasteiger partial charge in [-0.05, 0) is 55.3 Å². The molecule has 0 saturated carbocycles. The fraction of sp³-hybridized carbons (Fsp3) is 0.240. The molecule has 34 heavy (non-hydrogen) atoms. The number of carbonyl (C=O) groups excluding carboxylic acids is 1. The van der Waals surface area contributed by atoms with Gasteiger partial charge >= 0.3 is 5.97 Å². The molecule has 7 nitrogen and oxygen atoms in total. The number of allylic oxidation sites excluding steroid dienone is 1. The van der Waals surface area contributed by atoms with Gasteiger partial charge in [-0.25, -0.2) is 9.79 Å². The van der Waals surface area contributed by atoms with Gasteiger partial charge in [0.05, 0.1) is 42.7 Å². The molecule has 1 atom stereocenters. The zero-order valence-electron chi connectivity index (χ0n) is 19.1. The quantitative estimate of drug-likeness (QED) is 0.445. The summed E-state index contributed by atoms with van der Waals surface area (Å²) < 4.78 is 19.2. The molecule has 1 aromatic heterocycles. The second-order valence-corrected chi connectivity index (χ2v) is 9.39. The number of nitrogens with zero attached hydrogens (tertiary/aromatic N) is 2. The van der Waals surface area contributed by atoms with Crippen molar-refractivity contribution in [2.45, 2.75) is 19.9 Å². The molecule has 176 valence electrons. The van der Waals surface area contributed by atoms with Gasteiger partial charge < -0.3 is 14.2 Å². The number of fused-ring (bicyclic) bond motifs is 1. The van der Waals surface area contributed by atoms with Gasteiger partial charge in [0, 0.05) is 4.47 Å². The Morgan fingerprint density at radius 3 is 2.50 bits per heavy atom. The van der Waals surface area contributed by atoms with Gasteiger partial charge in [-0.15, -0.1) is 0 Å². The van der Waals surface area contributed by atoms with E-state index >= 15 is 0 Å². The Labute approximate surface area is 208 Å². The van der Waals surface area contributed by atoms with E-state index in [-0.39, 0.29) is 12.2 Å². The van der Waals surface area contributed by atoms with Gasteiger partial charge in [0.15, 0.2) is 16.3 Å². The maximum absolute atomic E-state index is 13.6. The van der Waals surface area contributed by atoms with Crippen molar-refractivity contribution in [3.63, 3.8) is 0 Å². The molecule has 1 aliphatic rings. The summed E-state index contributed by atoms with van der Waals surface area (Å²) in [6.45, 7) is 3.71. The van der Waals surface area contributed by atoms with Crippen molar-refractivity contribution in [3.05, 3.63) is 89.0 Å². The van der Waals surface area contributed by atoms with Crippen LogP contribution in [0.3, 0.4) is 0 Å². The molecular weight excluding hydrogens is 520 g/mol. The third-order valence-electron chi connectivity index (χ3n) is 5.41. The molecule has 0 fully saturated rings. The maximum Gasteiger partial charge on any atom is 0.338 e. The van der Waals surface area contributed by atoms with Crippen LogP contribution in [-0.2, 0) is 9.53 Å². The number of thiazole rings is 1. The molecule has 0 spiro atoms. The number of benzene rings is 2. The molecule has 0 saturated heterocycles. The Hall–Kier alpha value is -3.17. The lowest BCUT2D eigenvalue weighted by atomic mass is 9.95. The fourth-order valence-corrected chi connectivity index (χ4v) is 5.15. The lowest BCUT2D eigenvalue weighted by Gasteiger charge is -2.25. The molecule has 9 heteroatoms. The number of rotatable bonds is 6. The van der Waals surface area contributed by atoms with Crippen molar-refractivity contribution in [1.29, 1.82) is 0 Å². The molecule has 3 aromatic rings. The average molecular weight is 543 g/mol. The first-order chi connectivity index (χ1) is 16.4. The van der Waals surface area contributed by atoms with E-state index in [9.17, 15) is 9.59 Å². The van der Waals surface area contributed by atoms with Crippen molar-refractivity contribution in [2.24, 2.45) is 4.99 Å². The number of ether oxygens (including phenoxy) is 3. The number of hydrogen-bond donors (Lipinski definition) is 0. The summed E-state index contributed by atoms with van der Waals surface area (Å²) in [4.78, 5) is 31.7. The Morgan fingerprint density at radius 2 is 1.85 bits per heavy atom. The highest BCUT2D eigenvalue weighted by atomic mass is 79.9. The fourth-order valence-electron chi connectivity index (χ4n) is 3.84. The second kappa shape index (κ2) is 9.99. The lowest BCUT2D eigenvalue weighted by Crippen LogP contribution is -2.39. The van der Waals surface area contributed by atoms with E-state index in [0.717, 1.165) is 10.0 Å². The normalized spacial score (nSPS) is 15.6. The number of esters is 1. The van der Waals surface area contributed by atoms with E-state index in [2.05, 4.69) is 20.9 Å². The SMILES string of the molecule is CCOC(=O)C1=C(C)N=c2sc(=Cc3ccc(Br)cc3)c(=O)n2C1c1ccc(OC)c(OC)c1. The van der Waals surface area contributed by atoms with Crippen LogP contribution in [0.1, 0.15) is 31.0 Å². The highest BCUT2D eigenvalue weighted by Gasteiger charge is 2.33. The monoisotopic (exact) mass is 542 g/mol. The van der Waals surface area contributed by atoms with Gasteiger partial charge in [0.1, 0.15) is 0 Å². The number of carbonyl (C=O) groups is 1. The van der Waals surface area contributed by atoms with Crippen LogP contribution in [0.4, 0.5) is 0 Å². The topological polar surface area (TPSA) is 79.1 Å². The summed E-state index contributed by atoms with van der Waals surface area (Å²) in [7, 11) is 3.09. The van der Waals surface area contributed by atoms with Crippen molar-refractivity contribution in [2.75, 3.05) is 20.8 Å². The Balaban J connectivity index is 1.96. The average Bonchev–Trinajstić information content (AvgIpc) is 3.13. The standard InChI is InChI=1S/C25H23BrN2O5S/c1-5-33-24(30)21-14(2)27-25-28(22(21)16-8-11-18(31-3)19(13-16)32-4)23(29)20(34-25)12-15-6-9-17(26)10-7-15/h6-13,22H,5H2,1-4H3. The van der Waals surface area contributed by atoms with E-state index in [1.807, 2.05) is 36.4 Å². The molecule has 1 aliphatic heterocycles. The largest absolute Gasteiger partial charge is 0.493 e. The van der Waals surface area contributed by atoms with Gasteiger partial charge in [-0.1, -0.05) is 45.5 Å². The van der Waals surface area contributed by atoms with Crippen LogP contribution in [0.25, 0.3) is 6.08 Å². The molecular formula is C25H23BrN2O5S. The molecule has 4 rings (SSSR count). The maximum atomic E-state index is 13.6. The van der Waals surface area contributed by atoms with Crippen LogP contribution < -0.4 is 24.4 Å². The number of aromatic nitrogens is 1. The third kappa shape index (κ3) is 4.45. The second-order valence-electron chi connectivity index (χ2n) is 7.47. The van der Waals surface area contributed by atoms with Crippen molar-refractivity contribution < 1.29 is 19.0 Å². The Kier molecular flexibility index (Phi) is 7.04. The highest BCUT2D eigenvalue weighted by Crippen LogP contribution is 2.36. The van der Waals surface area contributed by atoms with E-state index in [4.69, 9.17) is 14.2 Å². The number of halogens is 1. The molecule has 2 heterocycles. The minimum atomic E-state index is -0.720. The summed E-state index contributed by atoms with van der Waals surface area (Å²) in [5.41, 5.74) is 2.16.